The van der Waals surface area contributed by atoms with Crippen LogP contribution in [0.15, 0.2) is 42.6 Å². The highest BCUT2D eigenvalue weighted by Crippen LogP contribution is 2.27. The number of aromatic amines is 1. The van der Waals surface area contributed by atoms with E-state index in [9.17, 15) is 4.79 Å². The highest BCUT2D eigenvalue weighted by Gasteiger charge is 2.24. The molecule has 4 rings (SSSR count). The Morgan fingerprint density at radius 3 is 2.82 bits per heavy atom. The summed E-state index contributed by atoms with van der Waals surface area (Å²) in [5, 5.41) is 0. The third-order valence-corrected chi connectivity index (χ3v) is 3.66. The van der Waals surface area contributed by atoms with Crippen LogP contribution < -0.4 is 4.90 Å². The number of H-pyrrole nitrogens is 1. The number of aromatic nitrogens is 3. The summed E-state index contributed by atoms with van der Waals surface area (Å²) in [6, 6.07) is 11.6. The van der Waals surface area contributed by atoms with Gasteiger partial charge >= 0.3 is 0 Å². The number of ether oxygens (including phenoxy) is 1. The summed E-state index contributed by atoms with van der Waals surface area (Å²) in [6.07, 6.45) is 1.81. The van der Waals surface area contributed by atoms with Gasteiger partial charge in [-0.15, -0.1) is 0 Å². The maximum Gasteiger partial charge on any atom is 0.254 e. The largest absolute Gasteiger partial charge is 0.370 e. The van der Waals surface area contributed by atoms with E-state index in [1.807, 2.05) is 42.6 Å². The van der Waals surface area contributed by atoms with Crippen LogP contribution in [0.2, 0.25) is 0 Å². The van der Waals surface area contributed by atoms with Gasteiger partial charge in [-0.3, -0.25) is 9.69 Å². The lowest BCUT2D eigenvalue weighted by molar-refractivity contribution is -0.125. The molecule has 0 radical (unpaired) electrons. The Kier molecular flexibility index (Phi) is 3.08. The molecule has 1 N–H and O–H groups in total. The molecule has 0 spiro atoms. The van der Waals surface area contributed by atoms with Crippen molar-refractivity contribution in [1.29, 1.82) is 0 Å². The first-order valence-electron chi connectivity index (χ1n) is 7.11. The maximum absolute atomic E-state index is 12.1. The average molecular weight is 294 g/mol. The third kappa shape index (κ3) is 2.14. The van der Waals surface area contributed by atoms with E-state index in [4.69, 9.17) is 4.74 Å². The fourth-order valence-electron chi connectivity index (χ4n) is 2.58. The van der Waals surface area contributed by atoms with Crippen LogP contribution in [0.4, 0.5) is 5.82 Å². The number of hydrogen-bond donors (Lipinski definition) is 1. The molecule has 0 saturated carbocycles. The van der Waals surface area contributed by atoms with Crippen molar-refractivity contribution >= 4 is 22.8 Å². The van der Waals surface area contributed by atoms with Gasteiger partial charge in [0.15, 0.2) is 11.6 Å². The Morgan fingerprint density at radius 2 is 2.00 bits per heavy atom. The summed E-state index contributed by atoms with van der Waals surface area (Å²) in [7, 11) is 0. The van der Waals surface area contributed by atoms with Crippen molar-refractivity contribution in [2.45, 2.75) is 0 Å². The van der Waals surface area contributed by atoms with E-state index in [1.54, 1.807) is 4.90 Å². The lowest BCUT2D eigenvalue weighted by Gasteiger charge is -2.26. The minimum Gasteiger partial charge on any atom is -0.370 e. The molecule has 6 nitrogen and oxygen atoms in total. The van der Waals surface area contributed by atoms with Crippen molar-refractivity contribution in [2.24, 2.45) is 0 Å². The van der Waals surface area contributed by atoms with Gasteiger partial charge in [-0.25, -0.2) is 9.97 Å². The highest BCUT2D eigenvalue weighted by molar-refractivity contribution is 6.01. The van der Waals surface area contributed by atoms with Gasteiger partial charge in [0.05, 0.1) is 18.7 Å². The van der Waals surface area contributed by atoms with Crippen molar-refractivity contribution < 1.29 is 9.53 Å². The maximum atomic E-state index is 12.1. The number of morpholine rings is 1. The molecular formula is C16H14N4O2. The van der Waals surface area contributed by atoms with Crippen LogP contribution in [0.1, 0.15) is 0 Å². The molecule has 2 aromatic heterocycles. The number of nitrogens with one attached hydrogen (secondary N) is 1. The Bertz CT molecular complexity index is 829. The van der Waals surface area contributed by atoms with Gasteiger partial charge in [0.1, 0.15) is 12.1 Å². The summed E-state index contributed by atoms with van der Waals surface area (Å²) >= 11 is 0. The second-order valence-corrected chi connectivity index (χ2v) is 5.07. The zero-order valence-corrected chi connectivity index (χ0v) is 11.8. The number of anilines is 1. The smallest absolute Gasteiger partial charge is 0.254 e. The van der Waals surface area contributed by atoms with E-state index in [1.165, 1.54) is 0 Å². The fourth-order valence-corrected chi connectivity index (χ4v) is 2.58. The van der Waals surface area contributed by atoms with E-state index in [0.717, 1.165) is 16.6 Å². The number of carbonyl (C=O) groups is 1. The van der Waals surface area contributed by atoms with Crippen molar-refractivity contribution in [2.75, 3.05) is 24.7 Å². The Hall–Kier alpha value is -2.73. The summed E-state index contributed by atoms with van der Waals surface area (Å²) in [5.74, 6) is 1.14. The van der Waals surface area contributed by atoms with Crippen LogP contribution in [0.5, 0.6) is 0 Å². The Balaban J connectivity index is 1.89. The van der Waals surface area contributed by atoms with E-state index in [0.29, 0.717) is 24.8 Å². The van der Waals surface area contributed by atoms with Gasteiger partial charge in [0.25, 0.3) is 5.91 Å². The second kappa shape index (κ2) is 5.23. The van der Waals surface area contributed by atoms with Gasteiger partial charge in [-0.05, 0) is 6.07 Å². The summed E-state index contributed by atoms with van der Waals surface area (Å²) in [4.78, 5) is 26.1. The first kappa shape index (κ1) is 13.0. The predicted molar refractivity (Wildman–Crippen MR) is 82.5 cm³/mol. The van der Waals surface area contributed by atoms with Crippen LogP contribution in [0.25, 0.3) is 22.4 Å². The van der Waals surface area contributed by atoms with Crippen LogP contribution in [0.3, 0.4) is 0 Å². The molecule has 0 aliphatic carbocycles. The number of hydrogen-bond acceptors (Lipinski definition) is 4. The number of benzene rings is 1. The van der Waals surface area contributed by atoms with Crippen LogP contribution in [0, 0.1) is 0 Å². The minimum absolute atomic E-state index is 0.0835. The minimum atomic E-state index is -0.0835. The standard InChI is InChI=1S/C16H14N4O2/c21-13-10-22-9-8-20(13)16-14-12(6-7-17-14)18-15(19-16)11-4-2-1-3-5-11/h1-7,17H,8-10H2. The molecule has 110 valence electrons. The van der Waals surface area contributed by atoms with Crippen LogP contribution in [-0.2, 0) is 9.53 Å². The molecule has 0 unspecified atom stereocenters. The molecule has 0 atom stereocenters. The normalized spacial score (nSPS) is 15.5. The Labute approximate surface area is 126 Å². The number of amides is 1. The van der Waals surface area contributed by atoms with Crippen LogP contribution in [-0.4, -0.2) is 40.6 Å². The summed E-state index contributed by atoms with van der Waals surface area (Å²) in [6.45, 7) is 1.10. The lowest BCUT2D eigenvalue weighted by atomic mass is 10.2. The zero-order chi connectivity index (χ0) is 14.9. The zero-order valence-electron chi connectivity index (χ0n) is 11.8. The summed E-state index contributed by atoms with van der Waals surface area (Å²) in [5.41, 5.74) is 2.49. The van der Waals surface area contributed by atoms with Crippen molar-refractivity contribution in [1.82, 2.24) is 15.0 Å². The van der Waals surface area contributed by atoms with Crippen molar-refractivity contribution in [3.63, 3.8) is 0 Å². The SMILES string of the molecule is O=C1COCCN1c1nc(-c2ccccc2)nc2cc[nH]c12. The number of rotatable bonds is 2. The number of nitrogens with zero attached hydrogens (tertiary/aromatic N) is 3. The molecule has 1 saturated heterocycles. The molecule has 1 aliphatic heterocycles. The summed E-state index contributed by atoms with van der Waals surface area (Å²) < 4.78 is 5.20. The second-order valence-electron chi connectivity index (χ2n) is 5.07. The van der Waals surface area contributed by atoms with Crippen molar-refractivity contribution in [3.05, 3.63) is 42.6 Å². The molecule has 1 aliphatic rings. The van der Waals surface area contributed by atoms with E-state index >= 15 is 0 Å². The number of fused-ring (bicyclic) bond motifs is 1. The van der Waals surface area contributed by atoms with E-state index < -0.39 is 0 Å². The van der Waals surface area contributed by atoms with Gasteiger partial charge in [-0.2, -0.15) is 0 Å². The molecule has 1 aromatic carbocycles. The molecule has 1 fully saturated rings. The number of carbonyl (C=O) groups excluding carboxylic acids is 1. The predicted octanol–water partition coefficient (Wildman–Crippen LogP) is 1.99. The van der Waals surface area contributed by atoms with Crippen LogP contribution >= 0.6 is 0 Å². The van der Waals surface area contributed by atoms with Gasteiger partial charge in [-0.1, -0.05) is 30.3 Å². The first-order valence-corrected chi connectivity index (χ1v) is 7.11. The fraction of sp³-hybridized carbons (Fsp3) is 0.188. The molecule has 6 heteroatoms. The van der Waals surface area contributed by atoms with Gasteiger partial charge in [0, 0.05) is 11.8 Å². The monoisotopic (exact) mass is 294 g/mol. The highest BCUT2D eigenvalue weighted by atomic mass is 16.5. The third-order valence-electron chi connectivity index (χ3n) is 3.66. The average Bonchev–Trinajstić information content (AvgIpc) is 3.04. The van der Waals surface area contributed by atoms with E-state index in [-0.39, 0.29) is 12.5 Å². The van der Waals surface area contributed by atoms with Crippen molar-refractivity contribution in [3.8, 4) is 11.4 Å². The van der Waals surface area contributed by atoms with Gasteiger partial charge in [0.2, 0.25) is 0 Å². The quantitative estimate of drug-likeness (QED) is 0.784. The molecule has 22 heavy (non-hydrogen) atoms. The van der Waals surface area contributed by atoms with Gasteiger partial charge < -0.3 is 9.72 Å². The Morgan fingerprint density at radius 1 is 1.14 bits per heavy atom. The first-order chi connectivity index (χ1) is 10.8. The molecule has 3 aromatic rings. The molecule has 3 heterocycles. The lowest BCUT2D eigenvalue weighted by Crippen LogP contribution is -2.42. The molecule has 0 bridgehead atoms. The molecule has 1 amide bonds. The van der Waals surface area contributed by atoms with E-state index in [2.05, 4.69) is 15.0 Å². The molecular weight excluding hydrogens is 280 g/mol. The topological polar surface area (TPSA) is 71.1 Å².